The molecule has 7 nitrogen and oxygen atoms in total. The molecule has 23 heavy (non-hydrogen) atoms. The first kappa shape index (κ1) is 15.4. The number of nitrogens with one attached hydrogen (secondary N) is 1. The molecule has 0 saturated heterocycles. The molecule has 0 aliphatic rings. The number of fused-ring (bicyclic) bond motifs is 1. The average Bonchev–Trinajstić information content (AvgIpc) is 3.12. The SMILES string of the molecule is CCc1nc(CNC(=O)c2c(C)oc3ncn(C)c(=O)c23)cs1. The Morgan fingerprint density at radius 2 is 2.26 bits per heavy atom. The Morgan fingerprint density at radius 1 is 1.48 bits per heavy atom. The molecule has 8 heteroatoms. The predicted octanol–water partition coefficient (Wildman–Crippen LogP) is 1.78. The molecule has 120 valence electrons. The molecule has 3 rings (SSSR count). The van der Waals surface area contributed by atoms with Gasteiger partial charge in [0.1, 0.15) is 17.5 Å². The van der Waals surface area contributed by atoms with Gasteiger partial charge in [-0.25, -0.2) is 9.97 Å². The molecule has 0 unspecified atom stereocenters. The lowest BCUT2D eigenvalue weighted by Crippen LogP contribution is -2.26. The van der Waals surface area contributed by atoms with Crippen molar-refractivity contribution < 1.29 is 9.21 Å². The van der Waals surface area contributed by atoms with Crippen molar-refractivity contribution in [2.24, 2.45) is 7.05 Å². The van der Waals surface area contributed by atoms with Gasteiger partial charge < -0.3 is 14.3 Å². The molecule has 3 aromatic heterocycles. The topological polar surface area (TPSA) is 90.0 Å². The number of hydrogen-bond acceptors (Lipinski definition) is 6. The maximum atomic E-state index is 12.5. The second-order valence-electron chi connectivity index (χ2n) is 5.14. The van der Waals surface area contributed by atoms with E-state index in [9.17, 15) is 9.59 Å². The van der Waals surface area contributed by atoms with E-state index in [1.54, 1.807) is 25.3 Å². The zero-order valence-corrected chi connectivity index (χ0v) is 13.9. The van der Waals surface area contributed by atoms with Crippen LogP contribution < -0.4 is 10.9 Å². The molecule has 0 bridgehead atoms. The number of carbonyl (C=O) groups excluding carboxylic acids is 1. The number of aromatic nitrogens is 3. The molecule has 1 amide bonds. The van der Waals surface area contributed by atoms with Gasteiger partial charge in [0.15, 0.2) is 0 Å². The Balaban J connectivity index is 1.90. The van der Waals surface area contributed by atoms with Crippen LogP contribution in [0.2, 0.25) is 0 Å². The summed E-state index contributed by atoms with van der Waals surface area (Å²) in [6.07, 6.45) is 2.24. The fourth-order valence-corrected chi connectivity index (χ4v) is 3.06. The first-order valence-electron chi connectivity index (χ1n) is 7.17. The fraction of sp³-hybridized carbons (Fsp3) is 0.333. The summed E-state index contributed by atoms with van der Waals surface area (Å²) in [7, 11) is 1.58. The van der Waals surface area contributed by atoms with Crippen LogP contribution in [0.5, 0.6) is 0 Å². The second kappa shape index (κ2) is 5.96. The Morgan fingerprint density at radius 3 is 2.96 bits per heavy atom. The average molecular weight is 332 g/mol. The number of amides is 1. The van der Waals surface area contributed by atoms with Crippen molar-refractivity contribution >= 4 is 28.3 Å². The molecule has 0 spiro atoms. The van der Waals surface area contributed by atoms with Crippen molar-refractivity contribution in [3.63, 3.8) is 0 Å². The van der Waals surface area contributed by atoms with E-state index in [-0.39, 0.29) is 28.1 Å². The highest BCUT2D eigenvalue weighted by atomic mass is 32.1. The highest BCUT2D eigenvalue weighted by Gasteiger charge is 2.22. The summed E-state index contributed by atoms with van der Waals surface area (Å²) in [5, 5.41) is 5.94. The summed E-state index contributed by atoms with van der Waals surface area (Å²) in [6, 6.07) is 0. The first-order chi connectivity index (χ1) is 11.0. The molecule has 0 radical (unpaired) electrons. The van der Waals surface area contributed by atoms with Crippen LogP contribution in [-0.4, -0.2) is 20.4 Å². The van der Waals surface area contributed by atoms with Gasteiger partial charge in [0.25, 0.3) is 11.5 Å². The van der Waals surface area contributed by atoms with Crippen LogP contribution in [0.15, 0.2) is 20.9 Å². The molecule has 0 fully saturated rings. The van der Waals surface area contributed by atoms with Crippen LogP contribution in [0.3, 0.4) is 0 Å². The van der Waals surface area contributed by atoms with E-state index in [0.29, 0.717) is 12.3 Å². The van der Waals surface area contributed by atoms with Crippen LogP contribution >= 0.6 is 11.3 Å². The molecular formula is C15H16N4O3S. The second-order valence-corrected chi connectivity index (χ2v) is 6.09. The molecule has 0 aliphatic heterocycles. The van der Waals surface area contributed by atoms with E-state index in [1.807, 2.05) is 12.3 Å². The number of nitrogens with zero attached hydrogens (tertiary/aromatic N) is 3. The standard InChI is InChI=1S/C15H16N4O3S/c1-4-10-18-9(6-23-10)5-16-13(20)11-8(2)22-14-12(11)15(21)19(3)7-17-14/h6-7H,4-5H2,1-3H3,(H,16,20). The normalized spacial score (nSPS) is 11.1. The zero-order valence-electron chi connectivity index (χ0n) is 13.0. The van der Waals surface area contributed by atoms with Crippen LogP contribution in [-0.2, 0) is 20.0 Å². The quantitative estimate of drug-likeness (QED) is 0.786. The zero-order chi connectivity index (χ0) is 16.6. The van der Waals surface area contributed by atoms with Crippen molar-refractivity contribution in [3.05, 3.63) is 44.1 Å². The largest absolute Gasteiger partial charge is 0.442 e. The summed E-state index contributed by atoms with van der Waals surface area (Å²) in [5.74, 6) is 0.0122. The van der Waals surface area contributed by atoms with Gasteiger partial charge in [-0.05, 0) is 13.3 Å². The van der Waals surface area contributed by atoms with E-state index < -0.39 is 0 Å². The predicted molar refractivity (Wildman–Crippen MR) is 86.6 cm³/mol. The third-order valence-electron chi connectivity index (χ3n) is 3.51. The van der Waals surface area contributed by atoms with Crippen molar-refractivity contribution in [3.8, 4) is 0 Å². The Hall–Kier alpha value is -2.48. The lowest BCUT2D eigenvalue weighted by atomic mass is 10.2. The molecule has 0 aromatic carbocycles. The maximum Gasteiger partial charge on any atom is 0.265 e. The monoisotopic (exact) mass is 332 g/mol. The molecule has 0 atom stereocenters. The Kier molecular flexibility index (Phi) is 3.99. The van der Waals surface area contributed by atoms with E-state index >= 15 is 0 Å². The number of thiazole rings is 1. The van der Waals surface area contributed by atoms with Gasteiger partial charge in [0, 0.05) is 12.4 Å². The summed E-state index contributed by atoms with van der Waals surface area (Å²) in [6.45, 7) is 3.99. The van der Waals surface area contributed by atoms with Crippen LogP contribution in [0.4, 0.5) is 0 Å². The summed E-state index contributed by atoms with van der Waals surface area (Å²) in [4.78, 5) is 33.2. The van der Waals surface area contributed by atoms with Gasteiger partial charge in [-0.2, -0.15) is 0 Å². The number of aryl methyl sites for hydroxylation is 3. The lowest BCUT2D eigenvalue weighted by Gasteiger charge is -2.03. The molecule has 3 aromatic rings. The van der Waals surface area contributed by atoms with E-state index in [0.717, 1.165) is 17.1 Å². The number of hydrogen-bond donors (Lipinski definition) is 1. The number of carbonyl (C=O) groups is 1. The van der Waals surface area contributed by atoms with E-state index in [1.165, 1.54) is 10.9 Å². The smallest absolute Gasteiger partial charge is 0.265 e. The Bertz CT molecular complexity index is 938. The van der Waals surface area contributed by atoms with E-state index in [4.69, 9.17) is 4.42 Å². The minimum absolute atomic E-state index is 0.178. The summed E-state index contributed by atoms with van der Waals surface area (Å²) < 4.78 is 6.75. The van der Waals surface area contributed by atoms with Gasteiger partial charge in [0.2, 0.25) is 5.71 Å². The van der Waals surface area contributed by atoms with Gasteiger partial charge in [0.05, 0.1) is 22.8 Å². The summed E-state index contributed by atoms with van der Waals surface area (Å²) >= 11 is 1.56. The minimum Gasteiger partial charge on any atom is -0.442 e. The van der Waals surface area contributed by atoms with Crippen molar-refractivity contribution in [1.82, 2.24) is 19.9 Å². The molecule has 1 N–H and O–H groups in total. The van der Waals surface area contributed by atoms with Crippen molar-refractivity contribution in [2.75, 3.05) is 0 Å². The van der Waals surface area contributed by atoms with Gasteiger partial charge in [-0.3, -0.25) is 9.59 Å². The molecular weight excluding hydrogens is 316 g/mol. The van der Waals surface area contributed by atoms with Gasteiger partial charge >= 0.3 is 0 Å². The third-order valence-corrected chi connectivity index (χ3v) is 4.55. The van der Waals surface area contributed by atoms with Crippen molar-refractivity contribution in [1.29, 1.82) is 0 Å². The van der Waals surface area contributed by atoms with Crippen LogP contribution in [0.1, 0.15) is 33.7 Å². The van der Waals surface area contributed by atoms with Gasteiger partial charge in [-0.15, -0.1) is 11.3 Å². The summed E-state index contributed by atoms with van der Waals surface area (Å²) in [5.41, 5.74) is 0.910. The van der Waals surface area contributed by atoms with Crippen LogP contribution in [0, 0.1) is 6.92 Å². The third kappa shape index (κ3) is 2.77. The van der Waals surface area contributed by atoms with Crippen LogP contribution in [0.25, 0.3) is 11.1 Å². The Labute approximate surface area is 136 Å². The molecule has 0 aliphatic carbocycles. The van der Waals surface area contributed by atoms with Gasteiger partial charge in [-0.1, -0.05) is 6.92 Å². The minimum atomic E-state index is -0.364. The fourth-order valence-electron chi connectivity index (χ4n) is 2.31. The molecule has 0 saturated carbocycles. The van der Waals surface area contributed by atoms with Crippen molar-refractivity contribution in [2.45, 2.75) is 26.8 Å². The number of furan rings is 1. The number of rotatable bonds is 4. The highest BCUT2D eigenvalue weighted by molar-refractivity contribution is 7.09. The highest BCUT2D eigenvalue weighted by Crippen LogP contribution is 2.20. The lowest BCUT2D eigenvalue weighted by molar-refractivity contribution is 0.0950. The molecule has 3 heterocycles. The first-order valence-corrected chi connectivity index (χ1v) is 8.05. The van der Waals surface area contributed by atoms with E-state index in [2.05, 4.69) is 15.3 Å². The maximum absolute atomic E-state index is 12.5.